The zero-order chi connectivity index (χ0) is 12.4. The Morgan fingerprint density at radius 1 is 1.47 bits per heavy atom. The molecule has 3 N–H and O–H groups in total. The standard InChI is InChI=1S/C12H18N4O/c1-8-4-11(16(3)15-8)6-12(14-13)10-5-9(2)17-7-10/h4-5,7,12,14H,6,13H2,1-3H3. The van der Waals surface area contributed by atoms with Gasteiger partial charge in [0.25, 0.3) is 0 Å². The summed E-state index contributed by atoms with van der Waals surface area (Å²) in [5.41, 5.74) is 6.03. The van der Waals surface area contributed by atoms with Crippen molar-refractivity contribution in [2.24, 2.45) is 12.9 Å². The largest absolute Gasteiger partial charge is 0.469 e. The third-order valence-electron chi connectivity index (χ3n) is 2.87. The molecule has 1 unspecified atom stereocenters. The van der Waals surface area contributed by atoms with Crippen LogP contribution in [0.2, 0.25) is 0 Å². The molecular formula is C12H18N4O. The average molecular weight is 234 g/mol. The van der Waals surface area contributed by atoms with E-state index in [9.17, 15) is 0 Å². The Labute approximate surface area is 101 Å². The lowest BCUT2D eigenvalue weighted by Gasteiger charge is -2.13. The maximum absolute atomic E-state index is 5.60. The Morgan fingerprint density at radius 3 is 2.71 bits per heavy atom. The van der Waals surface area contributed by atoms with Crippen molar-refractivity contribution in [2.75, 3.05) is 0 Å². The molecule has 0 saturated carbocycles. The molecule has 0 aliphatic carbocycles. The molecule has 17 heavy (non-hydrogen) atoms. The van der Waals surface area contributed by atoms with Gasteiger partial charge >= 0.3 is 0 Å². The number of hydrogen-bond acceptors (Lipinski definition) is 4. The summed E-state index contributed by atoms with van der Waals surface area (Å²) in [6.07, 6.45) is 2.52. The van der Waals surface area contributed by atoms with E-state index in [-0.39, 0.29) is 6.04 Å². The lowest BCUT2D eigenvalue weighted by atomic mass is 10.1. The SMILES string of the molecule is Cc1cc(CC(NN)c2coc(C)c2)n(C)n1. The van der Waals surface area contributed by atoms with Crippen molar-refractivity contribution in [2.45, 2.75) is 26.3 Å². The quantitative estimate of drug-likeness (QED) is 0.619. The monoisotopic (exact) mass is 234 g/mol. The highest BCUT2D eigenvalue weighted by Crippen LogP contribution is 2.20. The molecule has 2 rings (SSSR count). The van der Waals surface area contributed by atoms with Gasteiger partial charge in [-0.05, 0) is 26.0 Å². The molecule has 0 aliphatic rings. The van der Waals surface area contributed by atoms with Crippen LogP contribution < -0.4 is 11.3 Å². The van der Waals surface area contributed by atoms with Gasteiger partial charge in [0.2, 0.25) is 0 Å². The fraction of sp³-hybridized carbons (Fsp3) is 0.417. The van der Waals surface area contributed by atoms with Crippen LogP contribution in [0.15, 0.2) is 22.8 Å². The highest BCUT2D eigenvalue weighted by Gasteiger charge is 2.15. The molecule has 0 radical (unpaired) electrons. The van der Waals surface area contributed by atoms with Crippen molar-refractivity contribution in [1.29, 1.82) is 0 Å². The molecule has 0 spiro atoms. The van der Waals surface area contributed by atoms with Crippen LogP contribution in [0.5, 0.6) is 0 Å². The van der Waals surface area contributed by atoms with Crippen molar-refractivity contribution in [3.63, 3.8) is 0 Å². The summed E-state index contributed by atoms with van der Waals surface area (Å²) < 4.78 is 7.18. The van der Waals surface area contributed by atoms with Crippen LogP contribution in [0.25, 0.3) is 0 Å². The summed E-state index contributed by atoms with van der Waals surface area (Å²) in [6, 6.07) is 4.10. The van der Waals surface area contributed by atoms with E-state index in [0.29, 0.717) is 0 Å². The predicted octanol–water partition coefficient (Wildman–Crippen LogP) is 1.38. The van der Waals surface area contributed by atoms with Gasteiger partial charge < -0.3 is 4.42 Å². The summed E-state index contributed by atoms with van der Waals surface area (Å²) in [5.74, 6) is 6.49. The number of nitrogens with one attached hydrogen (secondary N) is 1. The van der Waals surface area contributed by atoms with E-state index in [2.05, 4.69) is 16.6 Å². The van der Waals surface area contributed by atoms with Crippen molar-refractivity contribution in [3.8, 4) is 0 Å². The maximum atomic E-state index is 5.60. The summed E-state index contributed by atoms with van der Waals surface area (Å²) in [4.78, 5) is 0. The van der Waals surface area contributed by atoms with Crippen LogP contribution in [0, 0.1) is 13.8 Å². The van der Waals surface area contributed by atoms with Crippen LogP contribution in [0.3, 0.4) is 0 Å². The van der Waals surface area contributed by atoms with Crippen LogP contribution in [0.4, 0.5) is 0 Å². The number of nitrogens with zero attached hydrogens (tertiary/aromatic N) is 2. The molecule has 0 aliphatic heterocycles. The summed E-state index contributed by atoms with van der Waals surface area (Å²) in [6.45, 7) is 3.90. The Hall–Kier alpha value is -1.59. The number of aryl methyl sites for hydroxylation is 3. The first-order valence-electron chi connectivity index (χ1n) is 5.61. The lowest BCUT2D eigenvalue weighted by molar-refractivity contribution is 0.503. The van der Waals surface area contributed by atoms with E-state index >= 15 is 0 Å². The molecule has 5 nitrogen and oxygen atoms in total. The minimum Gasteiger partial charge on any atom is -0.469 e. The van der Waals surface area contributed by atoms with E-state index in [1.807, 2.05) is 31.6 Å². The molecule has 0 fully saturated rings. The van der Waals surface area contributed by atoms with E-state index in [1.54, 1.807) is 6.26 Å². The van der Waals surface area contributed by atoms with Crippen molar-refractivity contribution in [1.82, 2.24) is 15.2 Å². The molecule has 5 heteroatoms. The van der Waals surface area contributed by atoms with Crippen molar-refractivity contribution in [3.05, 3.63) is 41.1 Å². The van der Waals surface area contributed by atoms with Gasteiger partial charge in [0.1, 0.15) is 5.76 Å². The van der Waals surface area contributed by atoms with Crippen molar-refractivity contribution >= 4 is 0 Å². The minimum atomic E-state index is 0.0437. The Bertz CT molecular complexity index is 500. The average Bonchev–Trinajstić information content (AvgIpc) is 2.82. The first-order valence-corrected chi connectivity index (χ1v) is 5.61. The number of aromatic nitrogens is 2. The molecule has 2 heterocycles. The number of hydrazine groups is 1. The van der Waals surface area contributed by atoms with E-state index in [4.69, 9.17) is 10.3 Å². The van der Waals surface area contributed by atoms with Gasteiger partial charge in [-0.3, -0.25) is 16.0 Å². The van der Waals surface area contributed by atoms with Crippen LogP contribution in [0.1, 0.15) is 28.8 Å². The number of hydrogen-bond donors (Lipinski definition) is 2. The number of furan rings is 1. The van der Waals surface area contributed by atoms with E-state index in [1.165, 1.54) is 0 Å². The first kappa shape index (κ1) is 11.9. The third-order valence-corrected chi connectivity index (χ3v) is 2.87. The molecule has 0 amide bonds. The Morgan fingerprint density at radius 2 is 2.24 bits per heavy atom. The highest BCUT2D eigenvalue weighted by molar-refractivity contribution is 5.20. The molecule has 1 atom stereocenters. The van der Waals surface area contributed by atoms with Gasteiger partial charge in [-0.1, -0.05) is 0 Å². The third kappa shape index (κ3) is 2.57. The minimum absolute atomic E-state index is 0.0437. The van der Waals surface area contributed by atoms with Gasteiger partial charge in [0, 0.05) is 24.7 Å². The second-order valence-electron chi connectivity index (χ2n) is 4.31. The molecule has 2 aromatic rings. The van der Waals surface area contributed by atoms with Gasteiger partial charge in [0.15, 0.2) is 0 Å². The summed E-state index contributed by atoms with van der Waals surface area (Å²) in [5, 5.41) is 4.32. The summed E-state index contributed by atoms with van der Waals surface area (Å²) in [7, 11) is 1.94. The second-order valence-corrected chi connectivity index (χ2v) is 4.31. The number of rotatable bonds is 4. The zero-order valence-electron chi connectivity index (χ0n) is 10.4. The number of nitrogens with two attached hydrogens (primary N) is 1. The lowest BCUT2D eigenvalue weighted by Crippen LogP contribution is -2.29. The second kappa shape index (κ2) is 4.73. The smallest absolute Gasteiger partial charge is 0.101 e. The maximum Gasteiger partial charge on any atom is 0.101 e. The molecule has 92 valence electrons. The predicted molar refractivity (Wildman–Crippen MR) is 65.2 cm³/mol. The first-order chi connectivity index (χ1) is 8.10. The summed E-state index contributed by atoms with van der Waals surface area (Å²) >= 11 is 0. The molecular weight excluding hydrogens is 216 g/mol. The molecule has 0 bridgehead atoms. The zero-order valence-corrected chi connectivity index (χ0v) is 10.4. The molecule has 2 aromatic heterocycles. The van der Waals surface area contributed by atoms with Gasteiger partial charge in [-0.25, -0.2) is 0 Å². The van der Waals surface area contributed by atoms with Crippen LogP contribution in [-0.2, 0) is 13.5 Å². The topological polar surface area (TPSA) is 69.0 Å². The fourth-order valence-corrected chi connectivity index (χ4v) is 1.98. The van der Waals surface area contributed by atoms with Crippen LogP contribution in [-0.4, -0.2) is 9.78 Å². The van der Waals surface area contributed by atoms with Gasteiger partial charge in [-0.15, -0.1) is 0 Å². The van der Waals surface area contributed by atoms with Gasteiger partial charge in [-0.2, -0.15) is 5.10 Å². The van der Waals surface area contributed by atoms with Gasteiger partial charge in [0.05, 0.1) is 18.0 Å². The molecule has 0 saturated heterocycles. The fourth-order valence-electron chi connectivity index (χ4n) is 1.98. The van der Waals surface area contributed by atoms with E-state index < -0.39 is 0 Å². The van der Waals surface area contributed by atoms with Crippen molar-refractivity contribution < 1.29 is 4.42 Å². The Balaban J connectivity index is 2.18. The normalized spacial score (nSPS) is 12.9. The van der Waals surface area contributed by atoms with Crippen LogP contribution >= 0.6 is 0 Å². The highest BCUT2D eigenvalue weighted by atomic mass is 16.3. The Kier molecular flexibility index (Phi) is 3.31. The van der Waals surface area contributed by atoms with E-state index in [0.717, 1.165) is 29.1 Å². The molecule has 0 aromatic carbocycles.